The van der Waals surface area contributed by atoms with Gasteiger partial charge in [-0.15, -0.1) is 0 Å². The lowest BCUT2D eigenvalue weighted by Crippen LogP contribution is -2.32. The Bertz CT molecular complexity index is 1210. The Morgan fingerprint density at radius 3 is 2.31 bits per heavy atom. The quantitative estimate of drug-likeness (QED) is 0.132. The summed E-state index contributed by atoms with van der Waals surface area (Å²) in [6, 6.07) is 16.5. The molecule has 0 spiro atoms. The maximum Gasteiger partial charge on any atom is 0.464 e. The average molecular weight is 509 g/mol. The van der Waals surface area contributed by atoms with E-state index in [2.05, 4.69) is 4.99 Å². The van der Waals surface area contributed by atoms with Crippen LogP contribution in [0.1, 0.15) is 18.1 Å². The van der Waals surface area contributed by atoms with Crippen LogP contribution in [-0.4, -0.2) is 36.3 Å². The van der Waals surface area contributed by atoms with Crippen molar-refractivity contribution in [1.82, 2.24) is 4.90 Å². The molecule has 0 bridgehead atoms. The molecule has 0 aromatic heterocycles. The van der Waals surface area contributed by atoms with E-state index in [0.29, 0.717) is 11.4 Å². The number of thioether (sulfide) groups is 1. The summed E-state index contributed by atoms with van der Waals surface area (Å²) in [5, 5.41) is -4.91. The molecule has 0 aliphatic rings. The Balaban J connectivity index is 1.97. The zero-order valence-electron chi connectivity index (χ0n) is 19.7. The van der Waals surface area contributed by atoms with E-state index in [-0.39, 0.29) is 10.6 Å². The van der Waals surface area contributed by atoms with Gasteiger partial charge in [0.25, 0.3) is 0 Å². The summed E-state index contributed by atoms with van der Waals surface area (Å²) in [7, 11) is 1.91. The molecule has 0 unspecified atom stereocenters. The van der Waals surface area contributed by atoms with Gasteiger partial charge in [-0.1, -0.05) is 29.8 Å². The lowest BCUT2D eigenvalue weighted by Gasteiger charge is -2.19. The zero-order chi connectivity index (χ0) is 25.8. The summed E-state index contributed by atoms with van der Waals surface area (Å²) in [4.78, 5) is 6.27. The Hall–Kier alpha value is -3.07. The van der Waals surface area contributed by atoms with Gasteiger partial charge in [0.05, 0.1) is 12.0 Å². The highest BCUT2D eigenvalue weighted by molar-refractivity contribution is 8.00. The van der Waals surface area contributed by atoms with E-state index >= 15 is 0 Å². The summed E-state index contributed by atoms with van der Waals surface area (Å²) in [5.41, 5.74) is 4.56. The van der Waals surface area contributed by atoms with Gasteiger partial charge in [-0.2, -0.15) is 22.0 Å². The van der Waals surface area contributed by atoms with E-state index in [1.165, 1.54) is 18.2 Å². The molecule has 0 fully saturated rings. The fraction of sp³-hybridized carbons (Fsp3) is 0.269. The fourth-order valence-electron chi connectivity index (χ4n) is 3.12. The van der Waals surface area contributed by atoms with E-state index < -0.39 is 23.2 Å². The van der Waals surface area contributed by atoms with Crippen LogP contribution in [0.3, 0.4) is 0 Å². The first-order valence-corrected chi connectivity index (χ1v) is 11.6. The first kappa shape index (κ1) is 26.5. The van der Waals surface area contributed by atoms with Crippen molar-refractivity contribution in [3.63, 3.8) is 0 Å². The summed E-state index contributed by atoms with van der Waals surface area (Å²) < 4.78 is 70.6. The molecule has 9 heteroatoms. The van der Waals surface area contributed by atoms with Crippen LogP contribution in [0, 0.1) is 13.8 Å². The Morgan fingerprint density at radius 1 is 0.914 bits per heavy atom. The van der Waals surface area contributed by atoms with Crippen LogP contribution in [0.2, 0.25) is 0 Å². The predicted octanol–water partition coefficient (Wildman–Crippen LogP) is 8.62. The van der Waals surface area contributed by atoms with Gasteiger partial charge in [-0.25, -0.2) is 4.99 Å². The monoisotopic (exact) mass is 508 g/mol. The van der Waals surface area contributed by atoms with Gasteiger partial charge >= 0.3 is 11.4 Å². The molecule has 3 nitrogen and oxygen atoms in total. The molecule has 35 heavy (non-hydrogen) atoms. The Labute approximate surface area is 205 Å². The van der Waals surface area contributed by atoms with Crippen LogP contribution in [0.25, 0.3) is 11.1 Å². The minimum absolute atomic E-state index is 0.141. The van der Waals surface area contributed by atoms with Crippen molar-refractivity contribution in [3.8, 4) is 22.6 Å². The number of benzene rings is 3. The number of rotatable bonds is 8. The summed E-state index contributed by atoms with van der Waals surface area (Å²) in [5.74, 6) is 0.537. The second-order valence-corrected chi connectivity index (χ2v) is 9.20. The van der Waals surface area contributed by atoms with Crippen LogP contribution in [0.4, 0.5) is 27.6 Å². The van der Waals surface area contributed by atoms with Gasteiger partial charge < -0.3 is 9.64 Å². The van der Waals surface area contributed by atoms with Crippen molar-refractivity contribution < 1.29 is 26.7 Å². The molecule has 3 aromatic carbocycles. The fourth-order valence-corrected chi connectivity index (χ4v) is 3.85. The highest BCUT2D eigenvalue weighted by Gasteiger charge is 2.58. The number of nitrogens with zero attached hydrogens (tertiary/aromatic N) is 2. The number of halogens is 5. The third kappa shape index (κ3) is 6.75. The Kier molecular flexibility index (Phi) is 8.10. The SMILES string of the molecule is CCN(C)C=Nc1ccc(Oc2cccc(SC(F)(F)C(F)(F)F)c2)cc1-c1cc(C)ccc1C. The molecular weight excluding hydrogens is 483 g/mol. The molecular formula is C26H25F5N2OS. The summed E-state index contributed by atoms with van der Waals surface area (Å²) in [6.07, 6.45) is -3.93. The van der Waals surface area contributed by atoms with Gasteiger partial charge in [0.1, 0.15) is 11.5 Å². The van der Waals surface area contributed by atoms with Crippen molar-refractivity contribution in [1.29, 1.82) is 0 Å². The summed E-state index contributed by atoms with van der Waals surface area (Å²) >= 11 is -0.567. The molecule has 0 heterocycles. The van der Waals surface area contributed by atoms with Gasteiger partial charge in [-0.05, 0) is 80.1 Å². The largest absolute Gasteiger partial charge is 0.464 e. The van der Waals surface area contributed by atoms with E-state index in [0.717, 1.165) is 34.9 Å². The van der Waals surface area contributed by atoms with Crippen LogP contribution in [0.15, 0.2) is 70.6 Å². The highest BCUT2D eigenvalue weighted by atomic mass is 32.2. The van der Waals surface area contributed by atoms with Crippen LogP contribution >= 0.6 is 11.8 Å². The van der Waals surface area contributed by atoms with Crippen molar-refractivity contribution in [2.24, 2.45) is 4.99 Å². The molecule has 186 valence electrons. The highest BCUT2D eigenvalue weighted by Crippen LogP contribution is 2.48. The molecule has 3 aromatic rings. The molecule has 0 amide bonds. The number of aliphatic imine (C=N–C) groups is 1. The second kappa shape index (κ2) is 10.7. The number of hydrogen-bond acceptors (Lipinski definition) is 3. The van der Waals surface area contributed by atoms with Gasteiger partial charge in [0.2, 0.25) is 0 Å². The average Bonchev–Trinajstić information content (AvgIpc) is 2.78. The lowest BCUT2D eigenvalue weighted by atomic mass is 9.97. The molecule has 0 radical (unpaired) electrons. The molecule has 3 rings (SSSR count). The van der Waals surface area contributed by atoms with Crippen molar-refractivity contribution >= 4 is 23.8 Å². The molecule has 0 saturated carbocycles. The summed E-state index contributed by atoms with van der Waals surface area (Å²) in [6.45, 7) is 6.75. The minimum Gasteiger partial charge on any atom is -0.457 e. The predicted molar refractivity (Wildman–Crippen MR) is 131 cm³/mol. The first-order valence-electron chi connectivity index (χ1n) is 10.8. The normalized spacial score (nSPS) is 12.3. The van der Waals surface area contributed by atoms with Crippen LogP contribution in [-0.2, 0) is 0 Å². The number of aryl methyl sites for hydroxylation is 2. The van der Waals surface area contributed by atoms with Crippen molar-refractivity contribution in [3.05, 3.63) is 71.8 Å². The van der Waals surface area contributed by atoms with Crippen molar-refractivity contribution in [2.45, 2.75) is 37.1 Å². The second-order valence-electron chi connectivity index (χ2n) is 8.01. The topological polar surface area (TPSA) is 24.8 Å². The number of ether oxygens (including phenoxy) is 1. The number of alkyl halides is 5. The first-order chi connectivity index (χ1) is 16.4. The molecule has 0 saturated heterocycles. The van der Waals surface area contributed by atoms with E-state index in [1.807, 2.05) is 50.9 Å². The minimum atomic E-state index is -5.66. The molecule has 0 atom stereocenters. The van der Waals surface area contributed by atoms with Crippen LogP contribution < -0.4 is 4.74 Å². The van der Waals surface area contributed by atoms with Gasteiger partial charge in [0.15, 0.2) is 0 Å². The van der Waals surface area contributed by atoms with Gasteiger partial charge in [0, 0.05) is 24.1 Å². The van der Waals surface area contributed by atoms with Crippen molar-refractivity contribution in [2.75, 3.05) is 13.6 Å². The third-order valence-electron chi connectivity index (χ3n) is 5.16. The van der Waals surface area contributed by atoms with E-state index in [9.17, 15) is 22.0 Å². The standard InChI is InChI=1S/C26H25F5N2OS/c1-5-33(4)16-32-24-12-11-20(15-23(24)22-13-17(2)9-10-18(22)3)34-19-7-6-8-21(14-19)35-26(30,31)25(27,28)29/h6-16H,5H2,1-4H3. The maximum absolute atomic E-state index is 13.5. The number of hydrogen-bond donors (Lipinski definition) is 0. The zero-order valence-corrected chi connectivity index (χ0v) is 20.5. The third-order valence-corrected chi connectivity index (χ3v) is 6.14. The van der Waals surface area contributed by atoms with E-state index in [4.69, 9.17) is 4.74 Å². The maximum atomic E-state index is 13.5. The lowest BCUT2D eigenvalue weighted by molar-refractivity contribution is -0.237. The Morgan fingerprint density at radius 2 is 1.63 bits per heavy atom. The molecule has 0 aliphatic heterocycles. The van der Waals surface area contributed by atoms with Gasteiger partial charge in [-0.3, -0.25) is 0 Å². The molecule has 0 aliphatic carbocycles. The molecule has 0 N–H and O–H groups in total. The van der Waals surface area contributed by atoms with E-state index in [1.54, 1.807) is 24.5 Å². The van der Waals surface area contributed by atoms with Crippen LogP contribution in [0.5, 0.6) is 11.5 Å². The smallest absolute Gasteiger partial charge is 0.457 e.